The van der Waals surface area contributed by atoms with Crippen molar-refractivity contribution in [1.29, 1.82) is 0 Å². The van der Waals surface area contributed by atoms with Crippen LogP contribution in [-0.4, -0.2) is 47.7 Å². The Morgan fingerprint density at radius 1 is 1.38 bits per heavy atom. The average molecular weight is 292 g/mol. The maximum atomic E-state index is 11.9. The number of hydrogen-bond donors (Lipinski definition) is 2. The number of aliphatic carboxylic acids is 1. The van der Waals surface area contributed by atoms with Crippen molar-refractivity contribution < 1.29 is 19.4 Å². The van der Waals surface area contributed by atoms with Crippen molar-refractivity contribution in [3.63, 3.8) is 0 Å². The molecule has 0 aromatic heterocycles. The normalized spacial score (nSPS) is 22.5. The highest BCUT2D eigenvalue weighted by molar-refractivity contribution is 5.84. The minimum Gasteiger partial charge on any atom is -0.479 e. The van der Waals surface area contributed by atoms with Gasteiger partial charge in [0.25, 0.3) is 0 Å². The maximum absolute atomic E-state index is 11.9. The molecule has 1 unspecified atom stereocenters. The van der Waals surface area contributed by atoms with Crippen LogP contribution in [0.15, 0.2) is 30.3 Å². The number of hydrogen-bond acceptors (Lipinski definition) is 4. The number of nitrogens with one attached hydrogen (secondary N) is 1. The number of benzene rings is 1. The number of nitrogens with zero attached hydrogens (tertiary/aromatic N) is 1. The highest BCUT2D eigenvalue weighted by Crippen LogP contribution is 2.21. The fraction of sp³-hybridized carbons (Fsp3) is 0.467. The Labute approximate surface area is 123 Å². The Hall–Kier alpha value is -2.08. The monoisotopic (exact) mass is 292 g/mol. The number of piperidine rings is 1. The number of carbonyl (C=O) groups is 2. The summed E-state index contributed by atoms with van der Waals surface area (Å²) in [7, 11) is 1.84. The minimum atomic E-state index is -1.26. The van der Waals surface area contributed by atoms with E-state index in [0.717, 1.165) is 18.5 Å². The first-order valence-electron chi connectivity index (χ1n) is 6.93. The zero-order valence-electron chi connectivity index (χ0n) is 12.0. The second-order valence-corrected chi connectivity index (χ2v) is 5.42. The van der Waals surface area contributed by atoms with Gasteiger partial charge >= 0.3 is 12.1 Å². The Morgan fingerprint density at radius 3 is 2.71 bits per heavy atom. The van der Waals surface area contributed by atoms with Gasteiger partial charge in [-0.3, -0.25) is 0 Å². The number of likely N-dealkylation sites (tertiary alicyclic amines) is 1. The van der Waals surface area contributed by atoms with Crippen LogP contribution in [-0.2, 0) is 16.1 Å². The van der Waals surface area contributed by atoms with Crippen molar-refractivity contribution in [2.24, 2.45) is 0 Å². The van der Waals surface area contributed by atoms with Crippen molar-refractivity contribution in [3.8, 4) is 0 Å². The van der Waals surface area contributed by atoms with Crippen LogP contribution < -0.4 is 5.32 Å². The first-order valence-corrected chi connectivity index (χ1v) is 6.93. The fourth-order valence-corrected chi connectivity index (χ4v) is 2.55. The molecule has 0 bridgehead atoms. The van der Waals surface area contributed by atoms with Crippen molar-refractivity contribution in [2.45, 2.75) is 25.0 Å². The molecule has 6 heteroatoms. The number of ether oxygens (including phenoxy) is 1. The number of carboxylic acids is 1. The second kappa shape index (κ2) is 6.58. The Kier molecular flexibility index (Phi) is 4.80. The standard InChI is InChI=1S/C15H20N2O4/c1-17-9-5-8-15(11-17,13(18)19)16-14(20)21-10-12-6-3-2-4-7-12/h2-4,6-7H,5,8-11H2,1H3,(H,16,20)(H,18,19). The lowest BCUT2D eigenvalue weighted by atomic mass is 9.89. The first-order chi connectivity index (χ1) is 10.0. The maximum Gasteiger partial charge on any atom is 0.408 e. The summed E-state index contributed by atoms with van der Waals surface area (Å²) in [6.45, 7) is 1.23. The van der Waals surface area contributed by atoms with E-state index < -0.39 is 17.6 Å². The van der Waals surface area contributed by atoms with Gasteiger partial charge in [-0.05, 0) is 32.0 Å². The van der Waals surface area contributed by atoms with Crippen LogP contribution in [0.4, 0.5) is 4.79 Å². The highest BCUT2D eigenvalue weighted by Gasteiger charge is 2.43. The van der Waals surface area contributed by atoms with Crippen molar-refractivity contribution >= 4 is 12.1 Å². The van der Waals surface area contributed by atoms with Gasteiger partial charge in [-0.15, -0.1) is 0 Å². The molecular formula is C15H20N2O4. The number of rotatable bonds is 4. The number of carbonyl (C=O) groups excluding carboxylic acids is 1. The largest absolute Gasteiger partial charge is 0.479 e. The molecule has 1 atom stereocenters. The Balaban J connectivity index is 1.94. The average Bonchev–Trinajstić information content (AvgIpc) is 2.46. The summed E-state index contributed by atoms with van der Waals surface area (Å²) in [6, 6.07) is 9.26. The van der Waals surface area contributed by atoms with E-state index in [4.69, 9.17) is 4.74 Å². The molecule has 1 fully saturated rings. The van der Waals surface area contributed by atoms with Crippen LogP contribution in [0.3, 0.4) is 0 Å². The Bertz CT molecular complexity index is 506. The quantitative estimate of drug-likeness (QED) is 0.878. The van der Waals surface area contributed by atoms with Gasteiger partial charge in [-0.1, -0.05) is 30.3 Å². The third-order valence-electron chi connectivity index (χ3n) is 3.65. The summed E-state index contributed by atoms with van der Waals surface area (Å²) < 4.78 is 5.11. The lowest BCUT2D eigenvalue weighted by molar-refractivity contribution is -0.147. The lowest BCUT2D eigenvalue weighted by Crippen LogP contribution is -2.62. The van der Waals surface area contributed by atoms with E-state index in [-0.39, 0.29) is 13.2 Å². The second-order valence-electron chi connectivity index (χ2n) is 5.42. The van der Waals surface area contributed by atoms with Gasteiger partial charge < -0.3 is 20.1 Å². The van der Waals surface area contributed by atoms with E-state index in [2.05, 4.69) is 5.32 Å². The van der Waals surface area contributed by atoms with Crippen LogP contribution in [0.1, 0.15) is 18.4 Å². The molecule has 1 saturated heterocycles. The van der Waals surface area contributed by atoms with Gasteiger partial charge in [0.05, 0.1) is 0 Å². The SMILES string of the molecule is CN1CCCC(NC(=O)OCc2ccccc2)(C(=O)O)C1. The fourth-order valence-electron chi connectivity index (χ4n) is 2.55. The molecule has 6 nitrogen and oxygen atoms in total. The third kappa shape index (κ3) is 3.95. The summed E-state index contributed by atoms with van der Waals surface area (Å²) in [6.07, 6.45) is 0.436. The van der Waals surface area contributed by atoms with Crippen molar-refractivity contribution in [1.82, 2.24) is 10.2 Å². The summed E-state index contributed by atoms with van der Waals surface area (Å²) in [5.41, 5.74) is -0.404. The van der Waals surface area contributed by atoms with E-state index in [9.17, 15) is 14.7 Å². The summed E-state index contributed by atoms with van der Waals surface area (Å²) in [5.74, 6) is -1.02. The third-order valence-corrected chi connectivity index (χ3v) is 3.65. The van der Waals surface area contributed by atoms with Gasteiger partial charge in [0.15, 0.2) is 5.54 Å². The molecule has 1 aromatic rings. The number of amides is 1. The van der Waals surface area contributed by atoms with E-state index in [1.165, 1.54) is 0 Å². The topological polar surface area (TPSA) is 78.9 Å². The van der Waals surface area contributed by atoms with Crippen LogP contribution in [0.5, 0.6) is 0 Å². The molecule has 21 heavy (non-hydrogen) atoms. The molecule has 2 N–H and O–H groups in total. The molecule has 1 aromatic carbocycles. The van der Waals surface area contributed by atoms with E-state index in [1.54, 1.807) is 0 Å². The number of alkyl carbamates (subject to hydrolysis) is 1. The molecule has 1 aliphatic rings. The zero-order chi connectivity index (χ0) is 15.3. The van der Waals surface area contributed by atoms with Crippen LogP contribution in [0.25, 0.3) is 0 Å². The van der Waals surface area contributed by atoms with Gasteiger partial charge in [-0.25, -0.2) is 9.59 Å². The minimum absolute atomic E-state index is 0.123. The molecule has 2 rings (SSSR count). The van der Waals surface area contributed by atoms with E-state index in [0.29, 0.717) is 6.42 Å². The molecule has 114 valence electrons. The molecular weight excluding hydrogens is 272 g/mol. The molecule has 0 saturated carbocycles. The Morgan fingerprint density at radius 2 is 2.10 bits per heavy atom. The van der Waals surface area contributed by atoms with E-state index >= 15 is 0 Å². The molecule has 1 heterocycles. The molecule has 0 radical (unpaired) electrons. The molecule has 1 amide bonds. The predicted molar refractivity (Wildman–Crippen MR) is 76.9 cm³/mol. The van der Waals surface area contributed by atoms with Crippen LogP contribution >= 0.6 is 0 Å². The summed E-state index contributed by atoms with van der Waals surface area (Å²) in [4.78, 5) is 25.3. The van der Waals surface area contributed by atoms with Crippen molar-refractivity contribution in [2.75, 3.05) is 20.1 Å². The van der Waals surface area contributed by atoms with Crippen LogP contribution in [0, 0.1) is 0 Å². The van der Waals surface area contributed by atoms with Crippen LogP contribution in [0.2, 0.25) is 0 Å². The summed E-state index contributed by atoms with van der Waals surface area (Å²) in [5, 5.41) is 12.0. The first kappa shape index (κ1) is 15.3. The summed E-state index contributed by atoms with van der Waals surface area (Å²) >= 11 is 0. The highest BCUT2D eigenvalue weighted by atomic mass is 16.5. The smallest absolute Gasteiger partial charge is 0.408 e. The number of carboxylic acid groups (broad SMARTS) is 1. The zero-order valence-corrected chi connectivity index (χ0v) is 12.0. The predicted octanol–water partition coefficient (Wildman–Crippen LogP) is 1.46. The van der Waals surface area contributed by atoms with Gasteiger partial charge in [0.2, 0.25) is 0 Å². The molecule has 1 aliphatic heterocycles. The number of likely N-dealkylation sites (N-methyl/N-ethyl adjacent to an activating group) is 1. The lowest BCUT2D eigenvalue weighted by Gasteiger charge is -2.38. The van der Waals surface area contributed by atoms with Gasteiger partial charge in [0, 0.05) is 6.54 Å². The van der Waals surface area contributed by atoms with Gasteiger partial charge in [-0.2, -0.15) is 0 Å². The van der Waals surface area contributed by atoms with E-state index in [1.807, 2.05) is 42.3 Å². The van der Waals surface area contributed by atoms with Gasteiger partial charge in [0.1, 0.15) is 6.61 Å². The molecule has 0 spiro atoms. The molecule has 0 aliphatic carbocycles. The van der Waals surface area contributed by atoms with Crippen molar-refractivity contribution in [3.05, 3.63) is 35.9 Å².